The van der Waals surface area contributed by atoms with Gasteiger partial charge in [0.15, 0.2) is 0 Å². The van der Waals surface area contributed by atoms with Crippen molar-refractivity contribution < 1.29 is 15.0 Å². The average molecular weight is 313 g/mol. The number of aromatic hydroxyl groups is 1. The fourth-order valence-electron chi connectivity index (χ4n) is 2.54. The maximum absolute atomic E-state index is 12.2. The van der Waals surface area contributed by atoms with E-state index in [9.17, 15) is 15.0 Å². The Morgan fingerprint density at radius 2 is 1.87 bits per heavy atom. The van der Waals surface area contributed by atoms with E-state index in [1.165, 1.54) is 6.07 Å². The minimum absolute atomic E-state index is 0.0409. The topological polar surface area (TPSA) is 69.6 Å². The van der Waals surface area contributed by atoms with Crippen LogP contribution in [-0.4, -0.2) is 28.8 Å². The first kappa shape index (κ1) is 17.0. The van der Waals surface area contributed by atoms with E-state index >= 15 is 0 Å². The first-order valence-electron chi connectivity index (χ1n) is 7.78. The third-order valence-electron chi connectivity index (χ3n) is 3.88. The number of aryl methyl sites for hydroxylation is 1. The lowest BCUT2D eigenvalue weighted by Crippen LogP contribution is -2.29. The van der Waals surface area contributed by atoms with Gasteiger partial charge in [0, 0.05) is 18.0 Å². The zero-order valence-corrected chi connectivity index (χ0v) is 13.5. The van der Waals surface area contributed by atoms with Gasteiger partial charge in [-0.25, -0.2) is 0 Å². The van der Waals surface area contributed by atoms with E-state index in [0.29, 0.717) is 18.5 Å². The van der Waals surface area contributed by atoms with Gasteiger partial charge in [0.05, 0.1) is 6.10 Å². The van der Waals surface area contributed by atoms with E-state index in [1.807, 2.05) is 30.3 Å². The lowest BCUT2D eigenvalue weighted by molar-refractivity contribution is 0.0945. The van der Waals surface area contributed by atoms with Gasteiger partial charge in [-0.05, 0) is 43.5 Å². The molecule has 0 fully saturated rings. The molecule has 2 unspecified atom stereocenters. The number of hydrogen-bond donors (Lipinski definition) is 3. The van der Waals surface area contributed by atoms with Crippen molar-refractivity contribution in [3.8, 4) is 5.75 Å². The van der Waals surface area contributed by atoms with Gasteiger partial charge in [-0.1, -0.05) is 36.4 Å². The standard InChI is InChI=1S/C19H23NO3/c1-13-8-9-16(11-18(13)22)19(23)20-12-17(10-14(2)21)15-6-4-3-5-7-15/h3-9,11,14,17,21-22H,10,12H2,1-2H3,(H,20,23). The largest absolute Gasteiger partial charge is 0.508 e. The summed E-state index contributed by atoms with van der Waals surface area (Å²) in [5, 5.41) is 22.3. The SMILES string of the molecule is Cc1ccc(C(=O)NCC(CC(C)O)c2ccccc2)cc1O. The second-order valence-corrected chi connectivity index (χ2v) is 5.90. The summed E-state index contributed by atoms with van der Waals surface area (Å²) in [4.78, 5) is 12.2. The van der Waals surface area contributed by atoms with E-state index in [1.54, 1.807) is 26.0 Å². The zero-order chi connectivity index (χ0) is 16.8. The zero-order valence-electron chi connectivity index (χ0n) is 13.5. The van der Waals surface area contributed by atoms with Crippen molar-refractivity contribution in [1.29, 1.82) is 0 Å². The van der Waals surface area contributed by atoms with Gasteiger partial charge in [-0.15, -0.1) is 0 Å². The summed E-state index contributed by atoms with van der Waals surface area (Å²) in [5.41, 5.74) is 2.25. The number of aliphatic hydroxyl groups excluding tert-OH is 1. The molecule has 122 valence electrons. The first-order valence-corrected chi connectivity index (χ1v) is 7.78. The van der Waals surface area contributed by atoms with Crippen molar-refractivity contribution >= 4 is 5.91 Å². The Kier molecular flexibility index (Phi) is 5.77. The molecule has 0 heterocycles. The summed E-state index contributed by atoms with van der Waals surface area (Å²) in [6.45, 7) is 3.96. The summed E-state index contributed by atoms with van der Waals surface area (Å²) in [7, 11) is 0. The van der Waals surface area contributed by atoms with Gasteiger partial charge < -0.3 is 15.5 Å². The molecule has 4 heteroatoms. The highest BCUT2D eigenvalue weighted by atomic mass is 16.3. The molecule has 1 amide bonds. The van der Waals surface area contributed by atoms with Crippen molar-refractivity contribution in [1.82, 2.24) is 5.32 Å². The van der Waals surface area contributed by atoms with Crippen LogP contribution in [0.5, 0.6) is 5.75 Å². The maximum Gasteiger partial charge on any atom is 0.251 e. The molecule has 2 aromatic rings. The average Bonchev–Trinajstić information content (AvgIpc) is 2.54. The molecule has 0 aliphatic heterocycles. The highest BCUT2D eigenvalue weighted by Crippen LogP contribution is 2.21. The highest BCUT2D eigenvalue weighted by Gasteiger charge is 2.16. The van der Waals surface area contributed by atoms with Crippen LogP contribution in [0.3, 0.4) is 0 Å². The number of benzene rings is 2. The van der Waals surface area contributed by atoms with E-state index in [-0.39, 0.29) is 17.6 Å². The second-order valence-electron chi connectivity index (χ2n) is 5.90. The van der Waals surface area contributed by atoms with Crippen LogP contribution in [0, 0.1) is 6.92 Å². The summed E-state index contributed by atoms with van der Waals surface area (Å²) >= 11 is 0. The van der Waals surface area contributed by atoms with Gasteiger partial charge in [-0.3, -0.25) is 4.79 Å². The minimum Gasteiger partial charge on any atom is -0.508 e. The number of hydrogen-bond acceptors (Lipinski definition) is 3. The molecule has 0 aromatic heterocycles. The van der Waals surface area contributed by atoms with E-state index in [2.05, 4.69) is 5.32 Å². The summed E-state index contributed by atoms with van der Waals surface area (Å²) in [6.07, 6.45) is 0.129. The molecule has 23 heavy (non-hydrogen) atoms. The molecule has 2 rings (SSSR count). The van der Waals surface area contributed by atoms with E-state index in [0.717, 1.165) is 11.1 Å². The summed E-state index contributed by atoms with van der Waals surface area (Å²) in [5.74, 6) is -0.0766. The quantitative estimate of drug-likeness (QED) is 0.768. The molecule has 0 saturated carbocycles. The number of aliphatic hydroxyl groups is 1. The van der Waals surface area contributed by atoms with Crippen LogP contribution in [0.1, 0.15) is 40.7 Å². The van der Waals surface area contributed by atoms with E-state index < -0.39 is 6.10 Å². The van der Waals surface area contributed by atoms with Crippen LogP contribution in [0.2, 0.25) is 0 Å². The highest BCUT2D eigenvalue weighted by molar-refractivity contribution is 5.94. The Labute approximate surface area is 136 Å². The van der Waals surface area contributed by atoms with Crippen LogP contribution >= 0.6 is 0 Å². The predicted molar refractivity (Wildman–Crippen MR) is 90.7 cm³/mol. The van der Waals surface area contributed by atoms with Crippen LogP contribution in [-0.2, 0) is 0 Å². The normalized spacial score (nSPS) is 13.3. The number of phenolic OH excluding ortho intramolecular Hbond substituents is 1. The molecule has 0 spiro atoms. The number of carbonyl (C=O) groups is 1. The van der Waals surface area contributed by atoms with Crippen molar-refractivity contribution in [2.24, 2.45) is 0 Å². The number of rotatable bonds is 6. The predicted octanol–water partition coefficient (Wildman–Crippen LogP) is 2.99. The Balaban J connectivity index is 2.05. The molecule has 3 N–H and O–H groups in total. The number of phenols is 1. The lowest BCUT2D eigenvalue weighted by atomic mass is 9.93. The molecule has 2 aromatic carbocycles. The fraction of sp³-hybridized carbons (Fsp3) is 0.316. The maximum atomic E-state index is 12.2. The summed E-state index contributed by atoms with van der Waals surface area (Å²) in [6, 6.07) is 14.7. The minimum atomic E-state index is -0.444. The van der Waals surface area contributed by atoms with Crippen molar-refractivity contribution in [3.63, 3.8) is 0 Å². The molecule has 0 aliphatic carbocycles. The Morgan fingerprint density at radius 3 is 2.48 bits per heavy atom. The number of carbonyl (C=O) groups excluding carboxylic acids is 1. The molecule has 0 aliphatic rings. The van der Waals surface area contributed by atoms with Gasteiger partial charge in [0.2, 0.25) is 0 Å². The van der Waals surface area contributed by atoms with E-state index in [4.69, 9.17) is 0 Å². The van der Waals surface area contributed by atoms with Crippen LogP contribution < -0.4 is 5.32 Å². The fourth-order valence-corrected chi connectivity index (χ4v) is 2.54. The smallest absolute Gasteiger partial charge is 0.251 e. The number of nitrogens with one attached hydrogen (secondary N) is 1. The van der Waals surface area contributed by atoms with Gasteiger partial charge in [-0.2, -0.15) is 0 Å². The van der Waals surface area contributed by atoms with Crippen molar-refractivity contribution in [2.75, 3.05) is 6.54 Å². The lowest BCUT2D eigenvalue weighted by Gasteiger charge is -2.19. The Hall–Kier alpha value is -2.33. The Morgan fingerprint density at radius 1 is 1.17 bits per heavy atom. The van der Waals surface area contributed by atoms with Crippen molar-refractivity contribution in [3.05, 3.63) is 65.2 Å². The van der Waals surface area contributed by atoms with Crippen LogP contribution in [0.25, 0.3) is 0 Å². The van der Waals surface area contributed by atoms with Gasteiger partial charge in [0.1, 0.15) is 5.75 Å². The molecule has 2 atom stereocenters. The van der Waals surface area contributed by atoms with Crippen molar-refractivity contribution in [2.45, 2.75) is 32.3 Å². The Bertz CT molecular complexity index is 653. The molecular formula is C19H23NO3. The van der Waals surface area contributed by atoms with Crippen LogP contribution in [0.15, 0.2) is 48.5 Å². The molecule has 0 saturated heterocycles. The molecular weight excluding hydrogens is 290 g/mol. The first-order chi connectivity index (χ1) is 11.0. The van der Waals surface area contributed by atoms with Crippen LogP contribution in [0.4, 0.5) is 0 Å². The molecule has 0 bridgehead atoms. The number of amides is 1. The monoisotopic (exact) mass is 313 g/mol. The molecule has 4 nitrogen and oxygen atoms in total. The second kappa shape index (κ2) is 7.79. The third-order valence-corrected chi connectivity index (χ3v) is 3.88. The van der Waals surface area contributed by atoms with Gasteiger partial charge >= 0.3 is 0 Å². The third kappa shape index (κ3) is 4.83. The summed E-state index contributed by atoms with van der Waals surface area (Å²) < 4.78 is 0. The van der Waals surface area contributed by atoms with Gasteiger partial charge in [0.25, 0.3) is 5.91 Å². The molecule has 0 radical (unpaired) electrons.